The number of hydrogen-bond acceptors (Lipinski definition) is 3. The average Bonchev–Trinajstić information content (AvgIpc) is 2.46. The Hall–Kier alpha value is -2.07. The molecule has 19 heavy (non-hydrogen) atoms. The molecule has 1 aromatic heterocycles. The molecular formula is C14H15ClN2O2. The summed E-state index contributed by atoms with van der Waals surface area (Å²) in [4.78, 5) is 15.6. The number of hydrogen-bond donors (Lipinski definition) is 1. The highest BCUT2D eigenvalue weighted by Crippen LogP contribution is 2.11. The molecule has 0 radical (unpaired) electrons. The van der Waals surface area contributed by atoms with Gasteiger partial charge in [0.1, 0.15) is 5.75 Å². The van der Waals surface area contributed by atoms with E-state index in [1.54, 1.807) is 31.6 Å². The largest absolute Gasteiger partial charge is 0.497 e. The molecule has 100 valence electrons. The van der Waals surface area contributed by atoms with E-state index in [-0.39, 0.29) is 18.3 Å². The first-order valence-electron chi connectivity index (χ1n) is 5.61. The van der Waals surface area contributed by atoms with Gasteiger partial charge in [-0.1, -0.05) is 12.1 Å². The second-order valence-corrected chi connectivity index (χ2v) is 3.77. The summed E-state index contributed by atoms with van der Waals surface area (Å²) in [5.74, 6) is 0.701. The van der Waals surface area contributed by atoms with Crippen molar-refractivity contribution in [1.82, 2.24) is 10.3 Å². The Morgan fingerprint density at radius 2 is 1.79 bits per heavy atom. The number of amides is 1. The van der Waals surface area contributed by atoms with Gasteiger partial charge in [0.25, 0.3) is 5.91 Å². The lowest BCUT2D eigenvalue weighted by atomic mass is 10.2. The van der Waals surface area contributed by atoms with Crippen molar-refractivity contribution in [2.24, 2.45) is 0 Å². The van der Waals surface area contributed by atoms with Gasteiger partial charge in [-0.15, -0.1) is 12.4 Å². The van der Waals surface area contributed by atoms with Gasteiger partial charge in [0.2, 0.25) is 0 Å². The summed E-state index contributed by atoms with van der Waals surface area (Å²) in [6, 6.07) is 11.0. The zero-order chi connectivity index (χ0) is 12.8. The molecule has 0 unspecified atom stereocenters. The molecule has 1 amide bonds. The summed E-state index contributed by atoms with van der Waals surface area (Å²) < 4.78 is 5.07. The van der Waals surface area contributed by atoms with E-state index < -0.39 is 0 Å². The van der Waals surface area contributed by atoms with E-state index in [1.807, 2.05) is 24.3 Å². The Morgan fingerprint density at radius 3 is 2.37 bits per heavy atom. The maximum atomic E-state index is 11.8. The first-order chi connectivity index (χ1) is 8.79. The SMILES string of the molecule is COc1ccc(CNC(=O)c2ccncc2)cc1.Cl. The summed E-state index contributed by atoms with van der Waals surface area (Å²) in [5, 5.41) is 2.85. The summed E-state index contributed by atoms with van der Waals surface area (Å²) in [5.41, 5.74) is 1.64. The van der Waals surface area contributed by atoms with Crippen LogP contribution in [0.25, 0.3) is 0 Å². The number of pyridine rings is 1. The molecule has 0 aliphatic heterocycles. The number of aromatic nitrogens is 1. The van der Waals surface area contributed by atoms with E-state index in [4.69, 9.17) is 4.74 Å². The fourth-order valence-corrected chi connectivity index (χ4v) is 1.53. The molecule has 0 bridgehead atoms. The topological polar surface area (TPSA) is 51.2 Å². The predicted molar refractivity (Wildman–Crippen MR) is 75.6 cm³/mol. The van der Waals surface area contributed by atoms with Gasteiger partial charge >= 0.3 is 0 Å². The van der Waals surface area contributed by atoms with Crippen LogP contribution in [-0.4, -0.2) is 18.0 Å². The van der Waals surface area contributed by atoms with Crippen LogP contribution in [0.2, 0.25) is 0 Å². The summed E-state index contributed by atoms with van der Waals surface area (Å²) >= 11 is 0. The molecule has 0 aliphatic carbocycles. The van der Waals surface area contributed by atoms with Gasteiger partial charge in [0.05, 0.1) is 7.11 Å². The van der Waals surface area contributed by atoms with E-state index in [9.17, 15) is 4.79 Å². The Balaban J connectivity index is 0.00000180. The van der Waals surface area contributed by atoms with E-state index in [2.05, 4.69) is 10.3 Å². The van der Waals surface area contributed by atoms with E-state index in [1.165, 1.54) is 0 Å². The number of carbonyl (C=O) groups excluding carboxylic acids is 1. The quantitative estimate of drug-likeness (QED) is 0.935. The van der Waals surface area contributed by atoms with Crippen LogP contribution in [0, 0.1) is 0 Å². The van der Waals surface area contributed by atoms with Crippen LogP contribution in [0.4, 0.5) is 0 Å². The van der Waals surface area contributed by atoms with Crippen molar-refractivity contribution in [3.8, 4) is 5.75 Å². The van der Waals surface area contributed by atoms with Crippen LogP contribution < -0.4 is 10.1 Å². The fraction of sp³-hybridized carbons (Fsp3) is 0.143. The van der Waals surface area contributed by atoms with Crippen LogP contribution >= 0.6 is 12.4 Å². The zero-order valence-corrected chi connectivity index (χ0v) is 11.3. The molecule has 0 atom stereocenters. The molecule has 0 fully saturated rings. The normalized spacial score (nSPS) is 9.32. The monoisotopic (exact) mass is 278 g/mol. The number of benzene rings is 1. The Labute approximate surface area is 118 Å². The maximum Gasteiger partial charge on any atom is 0.251 e. The molecule has 2 aromatic rings. The van der Waals surface area contributed by atoms with Gasteiger partial charge in [-0.3, -0.25) is 9.78 Å². The molecule has 0 saturated carbocycles. The van der Waals surface area contributed by atoms with Crippen LogP contribution in [-0.2, 0) is 6.54 Å². The molecule has 1 N–H and O–H groups in total. The molecule has 0 spiro atoms. The number of carbonyl (C=O) groups is 1. The van der Waals surface area contributed by atoms with Crippen LogP contribution in [0.15, 0.2) is 48.8 Å². The fourth-order valence-electron chi connectivity index (χ4n) is 1.53. The summed E-state index contributed by atoms with van der Waals surface area (Å²) in [7, 11) is 1.63. The lowest BCUT2D eigenvalue weighted by Crippen LogP contribution is -2.22. The Kier molecular flexibility index (Phi) is 5.82. The van der Waals surface area contributed by atoms with Crippen molar-refractivity contribution in [2.45, 2.75) is 6.54 Å². The van der Waals surface area contributed by atoms with E-state index >= 15 is 0 Å². The third-order valence-corrected chi connectivity index (χ3v) is 2.55. The highest BCUT2D eigenvalue weighted by molar-refractivity contribution is 5.93. The number of halogens is 1. The van der Waals surface area contributed by atoms with Gasteiger partial charge in [-0.2, -0.15) is 0 Å². The number of nitrogens with zero attached hydrogens (tertiary/aromatic N) is 1. The first-order valence-corrected chi connectivity index (χ1v) is 5.61. The number of ether oxygens (including phenoxy) is 1. The lowest BCUT2D eigenvalue weighted by Gasteiger charge is -2.06. The van der Waals surface area contributed by atoms with Gasteiger partial charge in [0.15, 0.2) is 0 Å². The van der Waals surface area contributed by atoms with Gasteiger partial charge in [0, 0.05) is 24.5 Å². The lowest BCUT2D eigenvalue weighted by molar-refractivity contribution is 0.0951. The molecule has 0 saturated heterocycles. The number of rotatable bonds is 4. The van der Waals surface area contributed by atoms with Crippen LogP contribution in [0.5, 0.6) is 5.75 Å². The minimum absolute atomic E-state index is 0. The molecule has 2 rings (SSSR count). The molecule has 0 aliphatic rings. The van der Waals surface area contributed by atoms with Gasteiger partial charge in [-0.05, 0) is 29.8 Å². The third kappa shape index (κ3) is 4.26. The van der Waals surface area contributed by atoms with Crippen molar-refractivity contribution in [3.05, 3.63) is 59.9 Å². The zero-order valence-electron chi connectivity index (χ0n) is 10.5. The standard InChI is InChI=1S/C14H14N2O2.ClH/c1-18-13-4-2-11(3-5-13)10-16-14(17)12-6-8-15-9-7-12;/h2-9H,10H2,1H3,(H,16,17);1H. The Morgan fingerprint density at radius 1 is 1.16 bits per heavy atom. The summed E-state index contributed by atoms with van der Waals surface area (Å²) in [6.45, 7) is 0.491. The molecule has 5 heteroatoms. The van der Waals surface area contributed by atoms with Crippen LogP contribution in [0.3, 0.4) is 0 Å². The highest BCUT2D eigenvalue weighted by atomic mass is 35.5. The van der Waals surface area contributed by atoms with Crippen molar-refractivity contribution in [3.63, 3.8) is 0 Å². The predicted octanol–water partition coefficient (Wildman–Crippen LogP) is 2.44. The number of methoxy groups -OCH3 is 1. The number of nitrogens with one attached hydrogen (secondary N) is 1. The second-order valence-electron chi connectivity index (χ2n) is 3.77. The molecule has 1 aromatic carbocycles. The molecular weight excluding hydrogens is 264 g/mol. The van der Waals surface area contributed by atoms with Crippen molar-refractivity contribution < 1.29 is 9.53 Å². The molecule has 1 heterocycles. The van der Waals surface area contributed by atoms with E-state index in [0.717, 1.165) is 11.3 Å². The van der Waals surface area contributed by atoms with Gasteiger partial charge < -0.3 is 10.1 Å². The molecule has 4 nitrogen and oxygen atoms in total. The first kappa shape index (κ1) is 15.0. The second kappa shape index (κ2) is 7.38. The van der Waals surface area contributed by atoms with Crippen molar-refractivity contribution in [1.29, 1.82) is 0 Å². The van der Waals surface area contributed by atoms with Crippen molar-refractivity contribution >= 4 is 18.3 Å². The smallest absolute Gasteiger partial charge is 0.251 e. The van der Waals surface area contributed by atoms with Crippen LogP contribution in [0.1, 0.15) is 15.9 Å². The van der Waals surface area contributed by atoms with E-state index in [0.29, 0.717) is 12.1 Å². The summed E-state index contributed by atoms with van der Waals surface area (Å²) in [6.07, 6.45) is 3.20. The average molecular weight is 279 g/mol. The maximum absolute atomic E-state index is 11.8. The minimum Gasteiger partial charge on any atom is -0.497 e. The van der Waals surface area contributed by atoms with Gasteiger partial charge in [-0.25, -0.2) is 0 Å². The Bertz CT molecular complexity index is 515. The minimum atomic E-state index is -0.104. The third-order valence-electron chi connectivity index (χ3n) is 2.55. The highest BCUT2D eigenvalue weighted by Gasteiger charge is 2.03. The van der Waals surface area contributed by atoms with Crippen molar-refractivity contribution in [2.75, 3.05) is 7.11 Å².